The van der Waals surface area contributed by atoms with E-state index in [1.165, 1.54) is 0 Å². The van der Waals surface area contributed by atoms with E-state index in [-0.39, 0.29) is 35.9 Å². The summed E-state index contributed by atoms with van der Waals surface area (Å²) >= 11 is 0. The van der Waals surface area contributed by atoms with Gasteiger partial charge in [-0.1, -0.05) is 32.9 Å². The van der Waals surface area contributed by atoms with Crippen molar-refractivity contribution in [2.24, 2.45) is 4.99 Å². The number of aryl methyl sites for hydroxylation is 2. The maximum Gasteiger partial charge on any atom is 0.240 e. The molecule has 31 heavy (non-hydrogen) atoms. The molecule has 0 radical (unpaired) electrons. The first-order chi connectivity index (χ1) is 14.0. The third kappa shape index (κ3) is 8.41. The molecule has 1 aromatic heterocycles. The second kappa shape index (κ2) is 11.8. The van der Waals surface area contributed by atoms with E-state index in [1.54, 1.807) is 19.2 Å². The second-order valence-corrected chi connectivity index (χ2v) is 9.89. The van der Waals surface area contributed by atoms with E-state index in [0.717, 1.165) is 16.9 Å². The molecule has 3 N–H and O–H groups in total. The number of guanidine groups is 1. The Morgan fingerprint density at radius 1 is 1.16 bits per heavy atom. The zero-order valence-electron chi connectivity index (χ0n) is 19.1. The van der Waals surface area contributed by atoms with Gasteiger partial charge in [0.15, 0.2) is 5.96 Å². The molecule has 0 saturated carbocycles. The molecule has 0 fully saturated rings. The molecule has 0 saturated heterocycles. The van der Waals surface area contributed by atoms with Gasteiger partial charge in [-0.25, -0.2) is 23.1 Å². The Morgan fingerprint density at radius 2 is 1.87 bits per heavy atom. The van der Waals surface area contributed by atoms with E-state index in [4.69, 9.17) is 4.42 Å². The third-order valence-corrected chi connectivity index (χ3v) is 5.96. The monoisotopic (exact) mass is 563 g/mol. The van der Waals surface area contributed by atoms with Crippen molar-refractivity contribution < 1.29 is 12.8 Å². The second-order valence-electron chi connectivity index (χ2n) is 8.16. The summed E-state index contributed by atoms with van der Waals surface area (Å²) in [6, 6.07) is 5.39. The molecule has 10 heteroatoms. The minimum atomic E-state index is -3.57. The Bertz CT molecular complexity index is 981. The Balaban J connectivity index is 0.00000480. The van der Waals surface area contributed by atoms with Crippen molar-refractivity contribution in [1.82, 2.24) is 20.3 Å². The van der Waals surface area contributed by atoms with Crippen molar-refractivity contribution in [2.75, 3.05) is 19.6 Å². The quantitative estimate of drug-likeness (QED) is 0.197. The molecule has 2 rings (SSSR count). The number of halogens is 1. The highest BCUT2D eigenvalue weighted by atomic mass is 127. The van der Waals surface area contributed by atoms with Gasteiger partial charge in [0.25, 0.3) is 0 Å². The lowest BCUT2D eigenvalue weighted by Gasteiger charge is -2.13. The predicted molar refractivity (Wildman–Crippen MR) is 135 cm³/mol. The maximum atomic E-state index is 12.6. The van der Waals surface area contributed by atoms with E-state index >= 15 is 0 Å². The van der Waals surface area contributed by atoms with E-state index in [9.17, 15) is 8.42 Å². The molecule has 0 aliphatic heterocycles. The molecule has 0 bridgehead atoms. The molecule has 1 heterocycles. The molecule has 0 aliphatic carbocycles. The molecule has 2 aromatic rings. The maximum absolute atomic E-state index is 12.6. The number of hydrogen-bond acceptors (Lipinski definition) is 5. The van der Waals surface area contributed by atoms with Crippen LogP contribution in [0.1, 0.15) is 50.5 Å². The van der Waals surface area contributed by atoms with Crippen LogP contribution in [0.5, 0.6) is 0 Å². The highest BCUT2D eigenvalue weighted by Gasteiger charge is 2.19. The van der Waals surface area contributed by atoms with E-state index in [0.29, 0.717) is 36.4 Å². The molecular formula is C21H34IN5O3S. The fourth-order valence-electron chi connectivity index (χ4n) is 2.66. The van der Waals surface area contributed by atoms with Crippen LogP contribution in [0.3, 0.4) is 0 Å². The van der Waals surface area contributed by atoms with Crippen molar-refractivity contribution in [3.8, 4) is 0 Å². The van der Waals surface area contributed by atoms with Crippen LogP contribution in [0.15, 0.2) is 38.7 Å². The molecular weight excluding hydrogens is 529 g/mol. The Morgan fingerprint density at radius 3 is 2.48 bits per heavy atom. The van der Waals surface area contributed by atoms with Gasteiger partial charge in [-0.3, -0.25) is 0 Å². The average molecular weight is 564 g/mol. The molecule has 174 valence electrons. The molecule has 0 amide bonds. The molecule has 0 aliphatic rings. The summed E-state index contributed by atoms with van der Waals surface area (Å²) < 4.78 is 33.5. The van der Waals surface area contributed by atoms with Crippen LogP contribution >= 0.6 is 24.0 Å². The van der Waals surface area contributed by atoms with E-state index in [1.807, 2.05) is 26.0 Å². The van der Waals surface area contributed by atoms with Crippen LogP contribution in [-0.2, 0) is 22.0 Å². The number of oxazole rings is 1. The predicted octanol–water partition coefficient (Wildman–Crippen LogP) is 3.24. The topological polar surface area (TPSA) is 109 Å². The highest BCUT2D eigenvalue weighted by molar-refractivity contribution is 14.0. The van der Waals surface area contributed by atoms with Crippen LogP contribution < -0.4 is 15.4 Å². The van der Waals surface area contributed by atoms with Gasteiger partial charge in [0.1, 0.15) is 12.3 Å². The molecule has 0 atom stereocenters. The molecule has 0 unspecified atom stereocenters. The van der Waals surface area contributed by atoms with Crippen LogP contribution in [0.4, 0.5) is 0 Å². The zero-order valence-corrected chi connectivity index (χ0v) is 22.2. The van der Waals surface area contributed by atoms with Gasteiger partial charge in [0.2, 0.25) is 15.9 Å². The smallest absolute Gasteiger partial charge is 0.240 e. The highest BCUT2D eigenvalue weighted by Crippen LogP contribution is 2.22. The lowest BCUT2D eigenvalue weighted by atomic mass is 9.94. The zero-order chi connectivity index (χ0) is 22.4. The van der Waals surface area contributed by atoms with Gasteiger partial charge in [-0.2, -0.15) is 0 Å². The van der Waals surface area contributed by atoms with Crippen molar-refractivity contribution in [3.05, 3.63) is 47.2 Å². The first kappa shape index (κ1) is 27.4. The van der Waals surface area contributed by atoms with E-state index in [2.05, 4.69) is 46.1 Å². The van der Waals surface area contributed by atoms with Crippen LogP contribution in [0, 0.1) is 13.8 Å². The van der Waals surface area contributed by atoms with E-state index < -0.39 is 10.0 Å². The fraction of sp³-hybridized carbons (Fsp3) is 0.524. The average Bonchev–Trinajstić information content (AvgIpc) is 3.14. The molecule has 0 spiro atoms. The molecule has 1 aromatic carbocycles. The summed E-state index contributed by atoms with van der Waals surface area (Å²) in [4.78, 5) is 9.04. The van der Waals surface area contributed by atoms with Crippen LogP contribution in [0.2, 0.25) is 0 Å². The molecule has 8 nitrogen and oxygen atoms in total. The number of rotatable bonds is 8. The van der Waals surface area contributed by atoms with Gasteiger partial charge in [-0.15, -0.1) is 24.0 Å². The summed E-state index contributed by atoms with van der Waals surface area (Å²) in [6.07, 6.45) is 1.73. The lowest BCUT2D eigenvalue weighted by Crippen LogP contribution is -2.41. The van der Waals surface area contributed by atoms with Crippen molar-refractivity contribution in [2.45, 2.75) is 58.4 Å². The number of aromatic nitrogens is 1. The third-order valence-electron chi connectivity index (χ3n) is 4.35. The number of nitrogens with one attached hydrogen (secondary N) is 3. The SMILES string of the molecule is CCNC(=NCc1ncc(C(C)(C)C)o1)NCCNS(=O)(=O)c1cc(C)ccc1C.I. The Hall–Kier alpha value is -1.66. The largest absolute Gasteiger partial charge is 0.443 e. The fourth-order valence-corrected chi connectivity index (χ4v) is 4.02. The van der Waals surface area contributed by atoms with Gasteiger partial charge < -0.3 is 15.1 Å². The van der Waals surface area contributed by atoms with Crippen LogP contribution in [0.25, 0.3) is 0 Å². The summed E-state index contributed by atoms with van der Waals surface area (Å²) in [7, 11) is -3.57. The first-order valence-corrected chi connectivity index (χ1v) is 11.6. The van der Waals surface area contributed by atoms with Crippen LogP contribution in [-0.4, -0.2) is 39.0 Å². The summed E-state index contributed by atoms with van der Waals surface area (Å²) in [5, 5.41) is 6.25. The summed E-state index contributed by atoms with van der Waals surface area (Å²) in [5.74, 6) is 1.92. The van der Waals surface area contributed by atoms with Gasteiger partial charge >= 0.3 is 0 Å². The summed E-state index contributed by atoms with van der Waals surface area (Å²) in [5.41, 5.74) is 1.52. The number of hydrogen-bond donors (Lipinski definition) is 3. The van der Waals surface area contributed by atoms with Crippen molar-refractivity contribution >= 4 is 40.0 Å². The Kier molecular flexibility index (Phi) is 10.4. The number of aliphatic imine (C=N–C) groups is 1. The minimum absolute atomic E-state index is 0. The number of benzene rings is 1. The minimum Gasteiger partial charge on any atom is -0.443 e. The normalized spacial score (nSPS) is 12.4. The standard InChI is InChI=1S/C21H33N5O3S.HI/c1-7-22-20(25-14-19-24-13-18(29-19)21(4,5)6)23-10-11-26-30(27,28)17-12-15(2)8-9-16(17)3;/h8-9,12-13,26H,7,10-11,14H2,1-6H3,(H2,22,23,25);1H. The van der Waals surface area contributed by atoms with Gasteiger partial charge in [0, 0.05) is 25.0 Å². The first-order valence-electron chi connectivity index (χ1n) is 10.1. The van der Waals surface area contributed by atoms with Gasteiger partial charge in [0.05, 0.1) is 11.1 Å². The lowest BCUT2D eigenvalue weighted by molar-refractivity contribution is 0.383. The van der Waals surface area contributed by atoms with Crippen molar-refractivity contribution in [3.63, 3.8) is 0 Å². The number of nitrogens with zero attached hydrogens (tertiary/aromatic N) is 2. The number of sulfonamides is 1. The van der Waals surface area contributed by atoms with Gasteiger partial charge in [-0.05, 0) is 38.0 Å². The summed E-state index contributed by atoms with van der Waals surface area (Å²) in [6.45, 7) is 13.4. The van der Waals surface area contributed by atoms with Crippen molar-refractivity contribution in [1.29, 1.82) is 0 Å². The Labute approximate surface area is 202 Å².